The van der Waals surface area contributed by atoms with E-state index in [0.29, 0.717) is 0 Å². The van der Waals surface area contributed by atoms with Gasteiger partial charge < -0.3 is 28.4 Å². The molecule has 2 aliphatic heterocycles. The van der Waals surface area contributed by atoms with Crippen molar-refractivity contribution in [2.24, 2.45) is 0 Å². The lowest BCUT2D eigenvalue weighted by Gasteiger charge is -2.47. The van der Waals surface area contributed by atoms with E-state index in [1.54, 1.807) is 0 Å². The first kappa shape index (κ1) is 18.8. The molecule has 1 aromatic rings. The Morgan fingerprint density at radius 1 is 1.00 bits per heavy atom. The van der Waals surface area contributed by atoms with Crippen LogP contribution in [0.4, 0.5) is 0 Å². The number of methoxy groups -OCH3 is 1. The third kappa shape index (κ3) is 4.04. The zero-order valence-electron chi connectivity index (χ0n) is 14.8. The predicted octanol–water partition coefficient (Wildman–Crippen LogP) is 1.34. The van der Waals surface area contributed by atoms with Crippen molar-refractivity contribution in [2.45, 2.75) is 50.8 Å². The SMILES string of the molecule is CO[C@@H]1O[C@@H]2CO[C@H](c3ccccc3)O[C@H]2[C@H](OC(C)=O)[C@H]1OC(C)=O. The van der Waals surface area contributed by atoms with Crippen molar-refractivity contribution < 1.29 is 38.0 Å². The topological polar surface area (TPSA) is 89.5 Å². The molecule has 0 aromatic heterocycles. The summed E-state index contributed by atoms with van der Waals surface area (Å²) < 4.78 is 33.6. The van der Waals surface area contributed by atoms with E-state index in [2.05, 4.69) is 0 Å². The first-order chi connectivity index (χ1) is 12.5. The summed E-state index contributed by atoms with van der Waals surface area (Å²) in [6.07, 6.45) is -4.57. The molecular weight excluding hydrogens is 344 g/mol. The number of benzene rings is 1. The molecule has 0 aliphatic carbocycles. The van der Waals surface area contributed by atoms with Crippen molar-refractivity contribution >= 4 is 11.9 Å². The summed E-state index contributed by atoms with van der Waals surface area (Å²) >= 11 is 0. The minimum atomic E-state index is -0.947. The van der Waals surface area contributed by atoms with Gasteiger partial charge in [0.05, 0.1) is 6.61 Å². The van der Waals surface area contributed by atoms with Gasteiger partial charge in [-0.3, -0.25) is 9.59 Å². The molecule has 2 fully saturated rings. The Balaban J connectivity index is 1.86. The summed E-state index contributed by atoms with van der Waals surface area (Å²) in [6.45, 7) is 2.76. The highest BCUT2D eigenvalue weighted by Crippen LogP contribution is 2.36. The summed E-state index contributed by atoms with van der Waals surface area (Å²) in [5, 5.41) is 0. The van der Waals surface area contributed by atoms with Crippen molar-refractivity contribution in [1.29, 1.82) is 0 Å². The number of ether oxygens (including phenoxy) is 6. The van der Waals surface area contributed by atoms with Crippen LogP contribution in [-0.4, -0.2) is 56.4 Å². The molecule has 0 spiro atoms. The van der Waals surface area contributed by atoms with Gasteiger partial charge in [0.25, 0.3) is 0 Å². The average Bonchev–Trinajstić information content (AvgIpc) is 2.63. The number of carbonyl (C=O) groups excluding carboxylic acids is 2. The third-order valence-corrected chi connectivity index (χ3v) is 4.19. The van der Waals surface area contributed by atoms with Crippen LogP contribution in [-0.2, 0) is 38.0 Å². The first-order valence-electron chi connectivity index (χ1n) is 8.34. The second-order valence-corrected chi connectivity index (χ2v) is 6.10. The fourth-order valence-corrected chi connectivity index (χ4v) is 3.16. The Bertz CT molecular complexity index is 633. The van der Waals surface area contributed by atoms with Crippen LogP contribution in [0.5, 0.6) is 0 Å². The van der Waals surface area contributed by atoms with E-state index in [1.165, 1.54) is 21.0 Å². The molecule has 0 bridgehead atoms. The average molecular weight is 366 g/mol. The first-order valence-corrected chi connectivity index (χ1v) is 8.34. The van der Waals surface area contributed by atoms with E-state index in [9.17, 15) is 9.59 Å². The molecule has 142 valence electrons. The van der Waals surface area contributed by atoms with Gasteiger partial charge in [-0.25, -0.2) is 0 Å². The molecule has 6 atom stereocenters. The lowest BCUT2D eigenvalue weighted by molar-refractivity contribution is -0.359. The van der Waals surface area contributed by atoms with Gasteiger partial charge in [0, 0.05) is 26.5 Å². The molecule has 0 radical (unpaired) electrons. The predicted molar refractivity (Wildman–Crippen MR) is 86.8 cm³/mol. The van der Waals surface area contributed by atoms with Gasteiger partial charge >= 0.3 is 11.9 Å². The quantitative estimate of drug-likeness (QED) is 0.738. The molecule has 8 nitrogen and oxygen atoms in total. The fourth-order valence-electron chi connectivity index (χ4n) is 3.16. The molecule has 0 N–H and O–H groups in total. The van der Waals surface area contributed by atoms with Gasteiger partial charge in [0.2, 0.25) is 0 Å². The molecule has 0 unspecified atom stereocenters. The second kappa shape index (κ2) is 8.13. The van der Waals surface area contributed by atoms with E-state index in [0.717, 1.165) is 5.56 Å². The van der Waals surface area contributed by atoms with Gasteiger partial charge in [-0.1, -0.05) is 30.3 Å². The monoisotopic (exact) mass is 366 g/mol. The number of carbonyl (C=O) groups is 2. The van der Waals surface area contributed by atoms with E-state index in [4.69, 9.17) is 28.4 Å². The molecule has 3 rings (SSSR count). The van der Waals surface area contributed by atoms with Gasteiger partial charge in [0.15, 0.2) is 24.8 Å². The maximum Gasteiger partial charge on any atom is 0.303 e. The maximum absolute atomic E-state index is 11.6. The zero-order valence-corrected chi connectivity index (χ0v) is 14.8. The molecule has 26 heavy (non-hydrogen) atoms. The highest BCUT2D eigenvalue weighted by Gasteiger charge is 2.53. The van der Waals surface area contributed by atoms with Crippen molar-refractivity contribution in [2.75, 3.05) is 13.7 Å². The summed E-state index contributed by atoms with van der Waals surface area (Å²) in [5.41, 5.74) is 0.824. The zero-order chi connectivity index (χ0) is 18.7. The van der Waals surface area contributed by atoms with Crippen molar-refractivity contribution in [3.05, 3.63) is 35.9 Å². The Hall–Kier alpha value is -2.00. The summed E-state index contributed by atoms with van der Waals surface area (Å²) in [4.78, 5) is 23.1. The standard InChI is InChI=1S/C18H22O8/c1-10(19)23-15-14-13(25-18(21-3)16(15)24-11(2)20)9-22-17(26-14)12-7-5-4-6-8-12/h4-8,13-18H,9H2,1-3H3/t13-,14-,15+,16-,17+,18-/m1/s1. The van der Waals surface area contributed by atoms with Crippen LogP contribution in [0.3, 0.4) is 0 Å². The maximum atomic E-state index is 11.6. The largest absolute Gasteiger partial charge is 0.455 e. The van der Waals surface area contributed by atoms with E-state index < -0.39 is 48.9 Å². The van der Waals surface area contributed by atoms with Crippen LogP contribution in [0.15, 0.2) is 30.3 Å². The Labute approximate surface area is 151 Å². The number of esters is 2. The Morgan fingerprint density at radius 3 is 2.27 bits per heavy atom. The van der Waals surface area contributed by atoms with Crippen LogP contribution in [0.1, 0.15) is 25.7 Å². The van der Waals surface area contributed by atoms with Crippen molar-refractivity contribution in [1.82, 2.24) is 0 Å². The summed E-state index contributed by atoms with van der Waals surface area (Å²) in [5.74, 6) is -1.06. The van der Waals surface area contributed by atoms with Crippen LogP contribution in [0.25, 0.3) is 0 Å². The van der Waals surface area contributed by atoms with E-state index in [1.807, 2.05) is 30.3 Å². The highest BCUT2D eigenvalue weighted by atomic mass is 16.8. The second-order valence-electron chi connectivity index (χ2n) is 6.10. The number of hydrogen-bond donors (Lipinski definition) is 0. The third-order valence-electron chi connectivity index (χ3n) is 4.19. The molecule has 1 aromatic carbocycles. The number of hydrogen-bond acceptors (Lipinski definition) is 8. The van der Waals surface area contributed by atoms with Crippen molar-refractivity contribution in [3.63, 3.8) is 0 Å². The lowest BCUT2D eigenvalue weighted by Crippen LogP contribution is -2.64. The lowest BCUT2D eigenvalue weighted by atomic mass is 9.97. The van der Waals surface area contributed by atoms with Gasteiger partial charge in [-0.15, -0.1) is 0 Å². The van der Waals surface area contributed by atoms with E-state index >= 15 is 0 Å². The minimum absolute atomic E-state index is 0.217. The molecule has 0 saturated carbocycles. The molecular formula is C18H22O8. The van der Waals surface area contributed by atoms with Crippen molar-refractivity contribution in [3.8, 4) is 0 Å². The van der Waals surface area contributed by atoms with Crippen LogP contribution >= 0.6 is 0 Å². The molecule has 2 heterocycles. The van der Waals surface area contributed by atoms with Crippen LogP contribution in [0, 0.1) is 0 Å². The number of rotatable bonds is 4. The van der Waals surface area contributed by atoms with Crippen LogP contribution in [0.2, 0.25) is 0 Å². The highest BCUT2D eigenvalue weighted by molar-refractivity contribution is 5.67. The van der Waals surface area contributed by atoms with Gasteiger partial charge in [-0.2, -0.15) is 0 Å². The van der Waals surface area contributed by atoms with Gasteiger partial charge in [0.1, 0.15) is 12.2 Å². The molecule has 8 heteroatoms. The normalized spacial score (nSPS) is 33.8. The molecule has 2 saturated heterocycles. The fraction of sp³-hybridized carbons (Fsp3) is 0.556. The summed E-state index contributed by atoms with van der Waals surface area (Å²) in [6, 6.07) is 9.38. The van der Waals surface area contributed by atoms with Gasteiger partial charge in [-0.05, 0) is 0 Å². The molecule has 2 aliphatic rings. The minimum Gasteiger partial charge on any atom is -0.455 e. The van der Waals surface area contributed by atoms with Crippen LogP contribution < -0.4 is 0 Å². The summed E-state index contributed by atoms with van der Waals surface area (Å²) in [7, 11) is 1.42. The smallest absolute Gasteiger partial charge is 0.303 e. The number of fused-ring (bicyclic) bond motifs is 1. The Kier molecular flexibility index (Phi) is 5.87. The molecule has 0 amide bonds. The van der Waals surface area contributed by atoms with E-state index in [-0.39, 0.29) is 6.61 Å². The Morgan fingerprint density at radius 2 is 1.65 bits per heavy atom.